The van der Waals surface area contributed by atoms with Crippen molar-refractivity contribution in [3.05, 3.63) is 29.6 Å². The summed E-state index contributed by atoms with van der Waals surface area (Å²) in [5.74, 6) is -3.07. The molecule has 2 N–H and O–H groups in total. The fourth-order valence-electron chi connectivity index (χ4n) is 1.82. The Morgan fingerprint density at radius 1 is 1.45 bits per heavy atom. The Morgan fingerprint density at radius 2 is 2.15 bits per heavy atom. The SMILES string of the molecule is CCCC(CNC(=O)c1cccc(OC)c1F)C(=O)O. The summed E-state index contributed by atoms with van der Waals surface area (Å²) in [6.45, 7) is 1.83. The third-order valence-corrected chi connectivity index (χ3v) is 2.92. The lowest BCUT2D eigenvalue weighted by Crippen LogP contribution is -2.33. The van der Waals surface area contributed by atoms with Crippen molar-refractivity contribution in [1.82, 2.24) is 5.32 Å². The molecule has 1 atom stereocenters. The van der Waals surface area contributed by atoms with E-state index in [1.165, 1.54) is 25.3 Å². The Hall–Kier alpha value is -2.11. The predicted molar refractivity (Wildman–Crippen MR) is 71.3 cm³/mol. The number of benzene rings is 1. The van der Waals surface area contributed by atoms with Crippen molar-refractivity contribution in [3.63, 3.8) is 0 Å². The lowest BCUT2D eigenvalue weighted by atomic mass is 10.0. The maximum atomic E-state index is 13.9. The smallest absolute Gasteiger partial charge is 0.308 e. The summed E-state index contributed by atoms with van der Waals surface area (Å²) in [6, 6.07) is 4.23. The molecular formula is C14H18FNO4. The number of amides is 1. The topological polar surface area (TPSA) is 75.6 Å². The molecule has 1 aromatic carbocycles. The molecule has 0 spiro atoms. The number of carboxylic acid groups (broad SMARTS) is 1. The molecule has 0 aromatic heterocycles. The average molecular weight is 283 g/mol. The maximum Gasteiger partial charge on any atom is 0.308 e. The minimum Gasteiger partial charge on any atom is -0.494 e. The van der Waals surface area contributed by atoms with Gasteiger partial charge < -0.3 is 15.2 Å². The third kappa shape index (κ3) is 3.94. The molecule has 0 saturated heterocycles. The van der Waals surface area contributed by atoms with E-state index < -0.39 is 23.6 Å². The fourth-order valence-corrected chi connectivity index (χ4v) is 1.82. The number of rotatable bonds is 7. The van der Waals surface area contributed by atoms with E-state index >= 15 is 0 Å². The number of halogens is 1. The highest BCUT2D eigenvalue weighted by atomic mass is 19.1. The van der Waals surface area contributed by atoms with E-state index in [1.807, 2.05) is 6.92 Å². The normalized spacial score (nSPS) is 11.8. The molecule has 1 amide bonds. The summed E-state index contributed by atoms with van der Waals surface area (Å²) in [7, 11) is 1.31. The van der Waals surface area contributed by atoms with E-state index in [2.05, 4.69) is 5.32 Å². The van der Waals surface area contributed by atoms with Gasteiger partial charge in [-0.25, -0.2) is 4.39 Å². The zero-order chi connectivity index (χ0) is 15.1. The van der Waals surface area contributed by atoms with Crippen LogP contribution in [0.3, 0.4) is 0 Å². The Morgan fingerprint density at radius 3 is 2.70 bits per heavy atom. The van der Waals surface area contributed by atoms with Crippen LogP contribution in [0, 0.1) is 11.7 Å². The van der Waals surface area contributed by atoms with Crippen LogP contribution < -0.4 is 10.1 Å². The molecular weight excluding hydrogens is 265 g/mol. The molecule has 0 fully saturated rings. The standard InChI is InChI=1S/C14H18FNO4/c1-3-5-9(14(18)19)8-16-13(17)10-6-4-7-11(20-2)12(10)15/h4,6-7,9H,3,5,8H2,1-2H3,(H,16,17)(H,18,19). The highest BCUT2D eigenvalue weighted by molar-refractivity contribution is 5.95. The summed E-state index contributed by atoms with van der Waals surface area (Å²) in [5.41, 5.74) is -0.162. The summed E-state index contributed by atoms with van der Waals surface area (Å²) >= 11 is 0. The first-order valence-electron chi connectivity index (χ1n) is 6.34. The molecule has 0 bridgehead atoms. The van der Waals surface area contributed by atoms with Gasteiger partial charge in [0.05, 0.1) is 18.6 Å². The third-order valence-electron chi connectivity index (χ3n) is 2.92. The molecule has 0 radical (unpaired) electrons. The zero-order valence-electron chi connectivity index (χ0n) is 11.5. The van der Waals surface area contributed by atoms with Crippen LogP contribution in [-0.2, 0) is 4.79 Å². The van der Waals surface area contributed by atoms with Crippen LogP contribution in [-0.4, -0.2) is 30.6 Å². The van der Waals surface area contributed by atoms with E-state index in [1.54, 1.807) is 0 Å². The van der Waals surface area contributed by atoms with Gasteiger partial charge in [0.2, 0.25) is 0 Å². The molecule has 1 rings (SSSR count). The molecule has 6 heteroatoms. The van der Waals surface area contributed by atoms with Gasteiger partial charge in [-0.2, -0.15) is 0 Å². The van der Waals surface area contributed by atoms with Crippen LogP contribution in [0.1, 0.15) is 30.1 Å². The molecule has 0 heterocycles. The Bertz CT molecular complexity index is 490. The number of carbonyl (C=O) groups excluding carboxylic acids is 1. The van der Waals surface area contributed by atoms with Gasteiger partial charge in [0.25, 0.3) is 5.91 Å². The quantitative estimate of drug-likeness (QED) is 0.803. The minimum absolute atomic E-state index is 0.0269. The number of carbonyl (C=O) groups is 2. The van der Waals surface area contributed by atoms with Crippen LogP contribution in [0.25, 0.3) is 0 Å². The lowest BCUT2D eigenvalue weighted by molar-refractivity contribution is -0.141. The first-order valence-corrected chi connectivity index (χ1v) is 6.34. The summed E-state index contributed by atoms with van der Waals surface area (Å²) in [6.07, 6.45) is 1.15. The van der Waals surface area contributed by atoms with Crippen LogP contribution in [0.2, 0.25) is 0 Å². The van der Waals surface area contributed by atoms with Crippen molar-refractivity contribution < 1.29 is 23.8 Å². The molecule has 5 nitrogen and oxygen atoms in total. The van der Waals surface area contributed by atoms with E-state index in [0.717, 1.165) is 0 Å². The van der Waals surface area contributed by atoms with E-state index in [-0.39, 0.29) is 17.9 Å². The highest BCUT2D eigenvalue weighted by Crippen LogP contribution is 2.19. The molecule has 0 aliphatic heterocycles. The average Bonchev–Trinajstić information content (AvgIpc) is 2.43. The molecule has 1 aromatic rings. The van der Waals surface area contributed by atoms with Crippen molar-refractivity contribution in [2.24, 2.45) is 5.92 Å². The van der Waals surface area contributed by atoms with Crippen LogP contribution in [0.15, 0.2) is 18.2 Å². The van der Waals surface area contributed by atoms with Gasteiger partial charge >= 0.3 is 5.97 Å². The second kappa shape index (κ2) is 7.47. The van der Waals surface area contributed by atoms with Crippen molar-refractivity contribution >= 4 is 11.9 Å². The second-order valence-electron chi connectivity index (χ2n) is 4.36. The predicted octanol–water partition coefficient (Wildman–Crippen LogP) is 2.06. The van der Waals surface area contributed by atoms with Crippen molar-refractivity contribution in [3.8, 4) is 5.75 Å². The van der Waals surface area contributed by atoms with Gasteiger partial charge in [0.15, 0.2) is 11.6 Å². The van der Waals surface area contributed by atoms with E-state index in [4.69, 9.17) is 9.84 Å². The Balaban J connectivity index is 2.74. The highest BCUT2D eigenvalue weighted by Gasteiger charge is 2.20. The van der Waals surface area contributed by atoms with Gasteiger partial charge in [-0.1, -0.05) is 19.4 Å². The largest absolute Gasteiger partial charge is 0.494 e. The van der Waals surface area contributed by atoms with Gasteiger partial charge in [0, 0.05) is 6.54 Å². The number of hydrogen-bond acceptors (Lipinski definition) is 3. The van der Waals surface area contributed by atoms with E-state index in [0.29, 0.717) is 12.8 Å². The zero-order valence-corrected chi connectivity index (χ0v) is 11.5. The van der Waals surface area contributed by atoms with Gasteiger partial charge in [-0.3, -0.25) is 9.59 Å². The van der Waals surface area contributed by atoms with Gasteiger partial charge in [-0.15, -0.1) is 0 Å². The van der Waals surface area contributed by atoms with Gasteiger partial charge in [-0.05, 0) is 18.6 Å². The maximum absolute atomic E-state index is 13.9. The van der Waals surface area contributed by atoms with Crippen LogP contribution >= 0.6 is 0 Å². The summed E-state index contributed by atoms with van der Waals surface area (Å²) in [5, 5.41) is 11.4. The molecule has 0 saturated carbocycles. The molecule has 0 aliphatic rings. The monoisotopic (exact) mass is 283 g/mol. The number of carboxylic acids is 1. The first kappa shape index (κ1) is 15.9. The number of hydrogen-bond donors (Lipinski definition) is 2. The Labute approximate surface area is 116 Å². The second-order valence-corrected chi connectivity index (χ2v) is 4.36. The minimum atomic E-state index is -0.974. The number of aliphatic carboxylic acids is 1. The lowest BCUT2D eigenvalue weighted by Gasteiger charge is -2.13. The van der Waals surface area contributed by atoms with Crippen LogP contribution in [0.5, 0.6) is 5.75 Å². The summed E-state index contributed by atoms with van der Waals surface area (Å²) < 4.78 is 18.6. The summed E-state index contributed by atoms with van der Waals surface area (Å²) in [4.78, 5) is 22.8. The van der Waals surface area contributed by atoms with Gasteiger partial charge in [0.1, 0.15) is 0 Å². The fraction of sp³-hybridized carbons (Fsp3) is 0.429. The molecule has 110 valence electrons. The Kier molecular flexibility index (Phi) is 5.96. The van der Waals surface area contributed by atoms with Crippen molar-refractivity contribution in [2.45, 2.75) is 19.8 Å². The van der Waals surface area contributed by atoms with Crippen LogP contribution in [0.4, 0.5) is 4.39 Å². The van der Waals surface area contributed by atoms with Crippen molar-refractivity contribution in [1.29, 1.82) is 0 Å². The molecule has 0 aliphatic carbocycles. The number of nitrogens with one attached hydrogen (secondary N) is 1. The van der Waals surface area contributed by atoms with E-state index in [9.17, 15) is 14.0 Å². The number of methoxy groups -OCH3 is 1. The molecule has 1 unspecified atom stereocenters. The van der Waals surface area contributed by atoms with Crippen molar-refractivity contribution in [2.75, 3.05) is 13.7 Å². The molecule has 20 heavy (non-hydrogen) atoms. The number of ether oxygens (including phenoxy) is 1. The first-order chi connectivity index (χ1) is 9.51.